The Bertz CT molecular complexity index is 1280. The van der Waals surface area contributed by atoms with Gasteiger partial charge in [0.2, 0.25) is 0 Å². The van der Waals surface area contributed by atoms with E-state index in [1.807, 2.05) is 0 Å². The number of benzene rings is 4. The molecule has 0 unspecified atom stereocenters. The van der Waals surface area contributed by atoms with Crippen LogP contribution in [0, 0.1) is 13.8 Å². The number of aryl methyl sites for hydroxylation is 2. The van der Waals surface area contributed by atoms with Crippen molar-refractivity contribution in [1.82, 2.24) is 4.57 Å². The van der Waals surface area contributed by atoms with Gasteiger partial charge in [0.25, 0.3) is 0 Å². The van der Waals surface area contributed by atoms with E-state index >= 15 is 0 Å². The van der Waals surface area contributed by atoms with E-state index in [2.05, 4.69) is 140 Å². The molecule has 0 saturated heterocycles. The highest BCUT2D eigenvalue weighted by molar-refractivity contribution is 7.80. The Morgan fingerprint density at radius 1 is 0.469 bits per heavy atom. The average molecular weight is 432 g/mol. The first-order chi connectivity index (χ1) is 15.7. The molecule has 156 valence electrons. The van der Waals surface area contributed by atoms with Crippen LogP contribution in [0.5, 0.6) is 0 Å². The van der Waals surface area contributed by atoms with Gasteiger partial charge < -0.3 is 4.57 Å². The van der Waals surface area contributed by atoms with Crippen LogP contribution in [-0.4, -0.2) is 4.57 Å². The van der Waals surface area contributed by atoms with Crippen molar-refractivity contribution in [2.45, 2.75) is 13.8 Å². The maximum atomic E-state index is 2.36. The average Bonchev–Trinajstić information content (AvgIpc) is 3.19. The maximum Gasteiger partial charge on any atom is 0.0533 e. The first kappa shape index (κ1) is 20.5. The Morgan fingerprint density at radius 3 is 1.53 bits per heavy atom. The second kappa shape index (κ2) is 8.99. The molecule has 0 spiro atoms. The van der Waals surface area contributed by atoms with Crippen molar-refractivity contribution >= 4 is 23.8 Å². The predicted molar refractivity (Wildman–Crippen MR) is 139 cm³/mol. The molecule has 2 heteroatoms. The van der Waals surface area contributed by atoms with Gasteiger partial charge in [-0.05, 0) is 61.4 Å². The fourth-order valence-corrected chi connectivity index (χ4v) is 6.89. The van der Waals surface area contributed by atoms with Crippen molar-refractivity contribution in [3.63, 3.8) is 0 Å². The van der Waals surface area contributed by atoms with Gasteiger partial charge in [0.05, 0.1) is 5.69 Å². The van der Waals surface area contributed by atoms with Crippen molar-refractivity contribution in [2.75, 3.05) is 0 Å². The maximum absolute atomic E-state index is 2.36. The summed E-state index contributed by atoms with van der Waals surface area (Å²) in [6, 6.07) is 44.0. The fourth-order valence-electron chi connectivity index (χ4n) is 4.42. The lowest BCUT2D eigenvalue weighted by molar-refractivity contribution is 0.968. The van der Waals surface area contributed by atoms with Crippen molar-refractivity contribution in [1.29, 1.82) is 0 Å². The molecule has 0 bridgehead atoms. The molecule has 0 aliphatic rings. The third-order valence-electron chi connectivity index (χ3n) is 5.88. The lowest BCUT2D eigenvalue weighted by Crippen LogP contribution is -2.22. The van der Waals surface area contributed by atoms with E-state index in [9.17, 15) is 0 Å². The number of para-hydroxylation sites is 1. The molecule has 0 amide bonds. The molecule has 32 heavy (non-hydrogen) atoms. The summed E-state index contributed by atoms with van der Waals surface area (Å²) in [6.45, 7) is 4.35. The van der Waals surface area contributed by atoms with Gasteiger partial charge in [-0.3, -0.25) is 0 Å². The van der Waals surface area contributed by atoms with E-state index in [0.717, 1.165) is 0 Å². The number of hydrogen-bond donors (Lipinski definition) is 0. The number of nitrogens with zero attached hydrogens (tertiary/aromatic N) is 1. The van der Waals surface area contributed by atoms with Crippen molar-refractivity contribution < 1.29 is 0 Å². The van der Waals surface area contributed by atoms with Gasteiger partial charge in [-0.25, -0.2) is 0 Å². The number of aromatic nitrogens is 1. The van der Waals surface area contributed by atoms with Crippen LogP contribution >= 0.6 is 7.92 Å². The molecule has 0 fully saturated rings. The molecule has 1 heterocycles. The summed E-state index contributed by atoms with van der Waals surface area (Å²) in [5, 5.41) is 4.12. The minimum Gasteiger partial charge on any atom is -0.318 e. The zero-order valence-electron chi connectivity index (χ0n) is 18.4. The third kappa shape index (κ3) is 3.81. The molecule has 4 aromatic carbocycles. The molecule has 0 aliphatic carbocycles. The first-order valence-electron chi connectivity index (χ1n) is 11.0. The summed E-state index contributed by atoms with van der Waals surface area (Å²) in [5.41, 5.74) is 6.30. The van der Waals surface area contributed by atoms with E-state index in [-0.39, 0.29) is 0 Å². The lowest BCUT2D eigenvalue weighted by atomic mass is 10.0. The molecule has 1 aromatic heterocycles. The summed E-state index contributed by atoms with van der Waals surface area (Å²) in [6.07, 6.45) is 0. The second-order valence-electron chi connectivity index (χ2n) is 7.99. The fraction of sp³-hybridized carbons (Fsp3) is 0.0667. The van der Waals surface area contributed by atoms with Crippen LogP contribution in [0.15, 0.2) is 121 Å². The Morgan fingerprint density at radius 2 is 0.938 bits per heavy atom. The molecule has 0 atom stereocenters. The minimum atomic E-state index is -0.685. The first-order valence-corrected chi connectivity index (χ1v) is 12.3. The van der Waals surface area contributed by atoms with Gasteiger partial charge in [-0.1, -0.05) is 103 Å². The van der Waals surface area contributed by atoms with Gasteiger partial charge in [0.1, 0.15) is 0 Å². The SMILES string of the molecule is Cc1ccc(C)n1-c1ccccc1-c1ccccc1P(c1ccccc1)c1ccccc1. The quantitative estimate of drug-likeness (QED) is 0.279. The summed E-state index contributed by atoms with van der Waals surface area (Å²) < 4.78 is 2.36. The Hall–Kier alpha value is -3.41. The molecule has 5 rings (SSSR count). The van der Waals surface area contributed by atoms with Crippen LogP contribution in [0.4, 0.5) is 0 Å². The molecular formula is C30H26NP. The van der Waals surface area contributed by atoms with E-state index in [4.69, 9.17) is 0 Å². The van der Waals surface area contributed by atoms with Crippen LogP contribution < -0.4 is 15.9 Å². The van der Waals surface area contributed by atoms with Gasteiger partial charge >= 0.3 is 0 Å². The number of rotatable bonds is 5. The highest BCUT2D eigenvalue weighted by atomic mass is 31.1. The summed E-state index contributed by atoms with van der Waals surface area (Å²) in [5.74, 6) is 0. The van der Waals surface area contributed by atoms with E-state index in [1.54, 1.807) is 0 Å². The lowest BCUT2D eigenvalue weighted by Gasteiger charge is -2.24. The van der Waals surface area contributed by atoms with Gasteiger partial charge in [-0.15, -0.1) is 0 Å². The van der Waals surface area contributed by atoms with Crippen LogP contribution in [0.2, 0.25) is 0 Å². The zero-order chi connectivity index (χ0) is 21.9. The third-order valence-corrected chi connectivity index (χ3v) is 8.38. The topological polar surface area (TPSA) is 4.93 Å². The molecule has 0 N–H and O–H groups in total. The molecule has 0 saturated carbocycles. The highest BCUT2D eigenvalue weighted by Gasteiger charge is 2.21. The van der Waals surface area contributed by atoms with E-state index < -0.39 is 7.92 Å². The molecule has 1 nitrogen and oxygen atoms in total. The Labute approximate surface area is 191 Å². The van der Waals surface area contributed by atoms with E-state index in [1.165, 1.54) is 44.1 Å². The van der Waals surface area contributed by atoms with Crippen LogP contribution in [-0.2, 0) is 0 Å². The summed E-state index contributed by atoms with van der Waals surface area (Å²) in [4.78, 5) is 0. The molecule has 5 aromatic rings. The van der Waals surface area contributed by atoms with Gasteiger partial charge in [0, 0.05) is 17.0 Å². The van der Waals surface area contributed by atoms with Crippen molar-refractivity contribution in [3.8, 4) is 16.8 Å². The largest absolute Gasteiger partial charge is 0.318 e. The normalized spacial score (nSPS) is 11.1. The minimum absolute atomic E-state index is 0.685. The summed E-state index contributed by atoms with van der Waals surface area (Å²) in [7, 11) is -0.685. The monoisotopic (exact) mass is 431 g/mol. The van der Waals surface area contributed by atoms with Crippen LogP contribution in [0.1, 0.15) is 11.4 Å². The summed E-state index contributed by atoms with van der Waals surface area (Å²) >= 11 is 0. The standard InChI is InChI=1S/C30H26NP/c1-23-21-22-24(2)31(23)29-19-11-9-17-27(29)28-18-10-12-20-30(28)32(25-13-5-3-6-14-25)26-15-7-4-8-16-26/h3-22H,1-2H3. The second-order valence-corrected chi connectivity index (χ2v) is 10.2. The Kier molecular flexibility index (Phi) is 5.75. The smallest absolute Gasteiger partial charge is 0.0533 e. The highest BCUT2D eigenvalue weighted by Crippen LogP contribution is 2.38. The van der Waals surface area contributed by atoms with E-state index in [0.29, 0.717) is 0 Å². The molecular weight excluding hydrogens is 405 g/mol. The number of hydrogen-bond acceptors (Lipinski definition) is 0. The molecule has 0 radical (unpaired) electrons. The Balaban J connectivity index is 1.76. The predicted octanol–water partition coefficient (Wildman–Crippen LogP) is 6.52. The molecule has 0 aliphatic heterocycles. The zero-order valence-corrected chi connectivity index (χ0v) is 19.3. The van der Waals surface area contributed by atoms with Crippen molar-refractivity contribution in [3.05, 3.63) is 133 Å². The van der Waals surface area contributed by atoms with Crippen LogP contribution in [0.25, 0.3) is 16.8 Å². The van der Waals surface area contributed by atoms with Crippen molar-refractivity contribution in [2.24, 2.45) is 0 Å². The van der Waals surface area contributed by atoms with Gasteiger partial charge in [-0.2, -0.15) is 0 Å². The van der Waals surface area contributed by atoms with Crippen LogP contribution in [0.3, 0.4) is 0 Å². The van der Waals surface area contributed by atoms with Gasteiger partial charge in [0.15, 0.2) is 0 Å².